The van der Waals surface area contributed by atoms with E-state index in [-0.39, 0.29) is 82.4 Å². The van der Waals surface area contributed by atoms with E-state index in [2.05, 4.69) is 0 Å². The Morgan fingerprint density at radius 1 is 1.00 bits per heavy atom. The van der Waals surface area contributed by atoms with Crippen LogP contribution in [-0.2, 0) is 82.4 Å². The zero-order valence-corrected chi connectivity index (χ0v) is 7.73. The Kier molecular flexibility index (Phi) is 132. The quantitative estimate of drug-likeness (QED) is 0.552. The van der Waals surface area contributed by atoms with Gasteiger partial charge in [-0.15, -0.1) is 0 Å². The first-order valence-corrected chi connectivity index (χ1v) is 0. The van der Waals surface area contributed by atoms with Gasteiger partial charge < -0.3 is 0 Å². The molecule has 0 unspecified atom stereocenters. The minimum Gasteiger partial charge on any atom is 0 e. The summed E-state index contributed by atoms with van der Waals surface area (Å²) in [5.41, 5.74) is 0. The van der Waals surface area contributed by atoms with E-state index >= 15 is 0 Å². The van der Waals surface area contributed by atoms with Gasteiger partial charge in [0.1, 0.15) is 0 Å². The topological polar surface area (TPSA) is 0 Å². The maximum atomic E-state index is 0. The van der Waals surface area contributed by atoms with Gasteiger partial charge in [-0.2, -0.15) is 0 Å². The van der Waals surface area contributed by atoms with Crippen LogP contribution in [0.5, 0.6) is 0 Å². The minimum absolute atomic E-state index is 0. The van der Waals surface area contributed by atoms with E-state index in [0.717, 1.165) is 0 Å². The Hall–Kier alpha value is 2.65. The first kappa shape index (κ1) is 30.2. The summed E-state index contributed by atoms with van der Waals surface area (Å²) in [6, 6.07) is 0. The number of hydrogen-bond acceptors (Lipinski definition) is 0. The molecule has 0 amide bonds. The van der Waals surface area contributed by atoms with Gasteiger partial charge in [0.2, 0.25) is 0 Å². The third kappa shape index (κ3) is 8.82. The van der Waals surface area contributed by atoms with Crippen molar-refractivity contribution in [3.05, 3.63) is 0 Å². The maximum absolute atomic E-state index is 0. The Morgan fingerprint density at radius 2 is 1.00 bits per heavy atom. The van der Waals surface area contributed by atoms with E-state index in [4.69, 9.17) is 0 Å². The molecule has 1 radical (unpaired) electrons. The zero-order chi connectivity index (χ0) is 0. The van der Waals surface area contributed by atoms with Crippen molar-refractivity contribution in [3.63, 3.8) is 0 Å². The Balaban J connectivity index is 0. The monoisotopic (exact) mass is 307 g/mol. The van der Waals surface area contributed by atoms with Crippen LogP contribution in [0.15, 0.2) is 0 Å². The van der Waals surface area contributed by atoms with Crippen molar-refractivity contribution >= 4 is 0 Å². The van der Waals surface area contributed by atoms with Gasteiger partial charge in [-0.05, 0) is 0 Å². The molecule has 4 heteroatoms. The molecular formula is AgCrNiZr. The fourth-order valence-corrected chi connectivity index (χ4v) is 0. The predicted octanol–water partition coefficient (Wildman–Crippen LogP) is -0.0100. The first-order chi connectivity index (χ1) is 0. The van der Waals surface area contributed by atoms with Gasteiger partial charge in [0.05, 0.1) is 0 Å². The molecule has 0 saturated carbocycles. The van der Waals surface area contributed by atoms with Crippen LogP contribution in [0, 0.1) is 0 Å². The molecular weight excluding hydrogens is 310 g/mol. The second-order valence-corrected chi connectivity index (χ2v) is 0. The second-order valence-electron chi connectivity index (χ2n) is 0. The van der Waals surface area contributed by atoms with E-state index < -0.39 is 0 Å². The second kappa shape index (κ2) is 17.4. The molecule has 0 nitrogen and oxygen atoms in total. The Labute approximate surface area is 81.2 Å². The van der Waals surface area contributed by atoms with Crippen LogP contribution in [0.25, 0.3) is 0 Å². The molecule has 0 heterocycles. The summed E-state index contributed by atoms with van der Waals surface area (Å²) in [6.07, 6.45) is 0. The van der Waals surface area contributed by atoms with Crippen LogP contribution in [0.2, 0.25) is 0 Å². The Morgan fingerprint density at radius 3 is 1.00 bits per heavy atom. The van der Waals surface area contributed by atoms with Gasteiger partial charge in [0.25, 0.3) is 0 Å². The van der Waals surface area contributed by atoms with E-state index in [9.17, 15) is 0 Å². The molecule has 31 valence electrons. The van der Waals surface area contributed by atoms with Crippen LogP contribution in [-0.4, -0.2) is 0 Å². The standard InChI is InChI=1S/Ag.Cr.Ni.Zr. The fourth-order valence-electron chi connectivity index (χ4n) is 0. The normalized spacial score (nSPS) is 0. The fraction of sp³-hybridized carbons (Fsp3) is 0. The molecule has 0 aliphatic carbocycles. The van der Waals surface area contributed by atoms with Crippen molar-refractivity contribution in [3.8, 4) is 0 Å². The number of hydrogen-bond donors (Lipinski definition) is 0. The van der Waals surface area contributed by atoms with Crippen molar-refractivity contribution in [2.24, 2.45) is 0 Å². The summed E-state index contributed by atoms with van der Waals surface area (Å²) in [6.45, 7) is 0. The van der Waals surface area contributed by atoms with E-state index in [1.165, 1.54) is 0 Å². The van der Waals surface area contributed by atoms with E-state index in [1.54, 1.807) is 0 Å². The average molecular weight is 310 g/mol. The van der Waals surface area contributed by atoms with Crippen molar-refractivity contribution in [1.82, 2.24) is 0 Å². The van der Waals surface area contributed by atoms with Crippen molar-refractivity contribution in [2.75, 3.05) is 0 Å². The third-order valence-corrected chi connectivity index (χ3v) is 0. The van der Waals surface area contributed by atoms with Crippen LogP contribution in [0.4, 0.5) is 0 Å². The molecule has 0 rings (SSSR count). The van der Waals surface area contributed by atoms with Gasteiger partial charge in [-0.3, -0.25) is 0 Å². The summed E-state index contributed by atoms with van der Waals surface area (Å²) in [5.74, 6) is 0. The molecule has 0 aliphatic heterocycles. The van der Waals surface area contributed by atoms with E-state index in [1.807, 2.05) is 0 Å². The van der Waals surface area contributed by atoms with Gasteiger partial charge in [0.15, 0.2) is 0 Å². The van der Waals surface area contributed by atoms with Gasteiger partial charge in [0, 0.05) is 82.4 Å². The summed E-state index contributed by atoms with van der Waals surface area (Å²) in [4.78, 5) is 0. The molecule has 0 aliphatic rings. The molecule has 0 N–H and O–H groups in total. The predicted molar refractivity (Wildman–Crippen MR) is 0 cm³/mol. The number of rotatable bonds is 0. The molecule has 0 aromatic heterocycles. The van der Waals surface area contributed by atoms with Crippen LogP contribution in [0.3, 0.4) is 0 Å². The summed E-state index contributed by atoms with van der Waals surface area (Å²) >= 11 is 0. The third-order valence-electron chi connectivity index (χ3n) is 0. The van der Waals surface area contributed by atoms with Crippen molar-refractivity contribution in [2.45, 2.75) is 0 Å². The largest absolute Gasteiger partial charge is 0 e. The smallest absolute Gasteiger partial charge is 0 e. The molecule has 0 fully saturated rings. The zero-order valence-electron chi connectivity index (χ0n) is 1.53. The summed E-state index contributed by atoms with van der Waals surface area (Å²) in [5, 5.41) is 0. The molecule has 0 bridgehead atoms. The van der Waals surface area contributed by atoms with Crippen LogP contribution < -0.4 is 0 Å². The van der Waals surface area contributed by atoms with Crippen LogP contribution >= 0.6 is 0 Å². The van der Waals surface area contributed by atoms with Gasteiger partial charge >= 0.3 is 0 Å². The summed E-state index contributed by atoms with van der Waals surface area (Å²) < 4.78 is 0. The Bertz CT molecular complexity index is 8.00. The minimum atomic E-state index is 0. The van der Waals surface area contributed by atoms with E-state index in [0.29, 0.717) is 0 Å². The SMILES string of the molecule is [Ag].[Cr].[Ni].[Zr]. The van der Waals surface area contributed by atoms with Gasteiger partial charge in [-0.25, -0.2) is 0 Å². The summed E-state index contributed by atoms with van der Waals surface area (Å²) in [7, 11) is 0. The maximum Gasteiger partial charge on any atom is 0 e. The van der Waals surface area contributed by atoms with Gasteiger partial charge in [-0.1, -0.05) is 0 Å². The molecule has 0 spiro atoms. The van der Waals surface area contributed by atoms with Crippen molar-refractivity contribution < 1.29 is 82.4 Å². The molecule has 0 atom stereocenters. The first-order valence-electron chi connectivity index (χ1n) is 0. The molecule has 0 saturated heterocycles. The molecule has 0 aromatic carbocycles. The molecule has 4 heavy (non-hydrogen) atoms. The van der Waals surface area contributed by atoms with Crippen LogP contribution in [0.1, 0.15) is 0 Å². The molecule has 0 aromatic rings. The van der Waals surface area contributed by atoms with Crippen molar-refractivity contribution in [1.29, 1.82) is 0 Å². The average Bonchev–Trinajstić information content (AvgIpc) is 0.